The highest BCUT2D eigenvalue weighted by molar-refractivity contribution is 5.62. The van der Waals surface area contributed by atoms with Crippen LogP contribution in [0.3, 0.4) is 0 Å². The average molecular weight is 228 g/mol. The highest BCUT2D eigenvalue weighted by Crippen LogP contribution is 2.29. The summed E-state index contributed by atoms with van der Waals surface area (Å²) in [5.41, 5.74) is 3.51. The van der Waals surface area contributed by atoms with E-state index in [1.165, 1.54) is 0 Å². The third-order valence-electron chi connectivity index (χ3n) is 2.75. The van der Waals surface area contributed by atoms with Crippen molar-refractivity contribution in [3.05, 3.63) is 41.6 Å². The fourth-order valence-corrected chi connectivity index (χ4v) is 1.74. The Labute approximate surface area is 101 Å². The molecule has 0 fully saturated rings. The molecule has 0 atom stereocenters. The van der Waals surface area contributed by atoms with Gasteiger partial charge in [0.15, 0.2) is 0 Å². The topological polar surface area (TPSA) is 46.0 Å². The lowest BCUT2D eigenvalue weighted by Crippen LogP contribution is -1.92. The van der Waals surface area contributed by atoms with Crippen LogP contribution >= 0.6 is 0 Å². The van der Waals surface area contributed by atoms with E-state index in [-0.39, 0.29) is 0 Å². The van der Waals surface area contributed by atoms with Crippen molar-refractivity contribution in [1.29, 1.82) is 0 Å². The summed E-state index contributed by atoms with van der Waals surface area (Å²) < 4.78 is 0. The highest BCUT2D eigenvalue weighted by Gasteiger charge is 2.08. The van der Waals surface area contributed by atoms with Gasteiger partial charge in [0.05, 0.1) is 11.4 Å². The molecule has 3 heteroatoms. The Morgan fingerprint density at radius 1 is 1.06 bits per heavy atom. The minimum atomic E-state index is 0.313. The fourth-order valence-electron chi connectivity index (χ4n) is 1.74. The first-order valence-electron chi connectivity index (χ1n) is 5.71. The van der Waals surface area contributed by atoms with Crippen molar-refractivity contribution in [2.75, 3.05) is 0 Å². The number of benzene rings is 1. The number of hydrogen-bond acceptors (Lipinski definition) is 3. The molecule has 2 aromatic rings. The van der Waals surface area contributed by atoms with Crippen molar-refractivity contribution in [1.82, 2.24) is 10.2 Å². The zero-order valence-corrected chi connectivity index (χ0v) is 10.3. The van der Waals surface area contributed by atoms with Crippen molar-refractivity contribution in [2.24, 2.45) is 0 Å². The van der Waals surface area contributed by atoms with E-state index in [9.17, 15) is 5.11 Å². The van der Waals surface area contributed by atoms with Crippen LogP contribution in [-0.4, -0.2) is 15.3 Å². The van der Waals surface area contributed by atoms with E-state index < -0.39 is 0 Å². The largest absolute Gasteiger partial charge is 0.508 e. The highest BCUT2D eigenvalue weighted by atomic mass is 16.3. The fraction of sp³-hybridized carbons (Fsp3) is 0.286. The van der Waals surface area contributed by atoms with E-state index in [0.29, 0.717) is 11.7 Å². The maximum atomic E-state index is 9.93. The second kappa shape index (κ2) is 4.53. The third-order valence-corrected chi connectivity index (χ3v) is 2.75. The molecule has 0 saturated carbocycles. The molecule has 0 aliphatic heterocycles. The molecule has 1 aromatic heterocycles. The first-order valence-corrected chi connectivity index (χ1v) is 5.71. The number of hydrogen-bond donors (Lipinski definition) is 1. The van der Waals surface area contributed by atoms with Crippen molar-refractivity contribution in [3.8, 4) is 17.0 Å². The molecule has 2 rings (SSSR count). The average Bonchev–Trinajstić information content (AvgIpc) is 2.29. The Morgan fingerprint density at radius 2 is 1.82 bits per heavy atom. The molecule has 1 heterocycles. The van der Waals surface area contributed by atoms with Crippen LogP contribution in [0.2, 0.25) is 0 Å². The molecule has 0 aliphatic carbocycles. The Morgan fingerprint density at radius 3 is 2.35 bits per heavy atom. The van der Waals surface area contributed by atoms with Gasteiger partial charge in [-0.15, -0.1) is 0 Å². The maximum Gasteiger partial charge on any atom is 0.119 e. The molecular weight excluding hydrogens is 212 g/mol. The number of rotatable bonds is 2. The molecule has 88 valence electrons. The molecule has 0 saturated heterocycles. The van der Waals surface area contributed by atoms with Crippen molar-refractivity contribution < 1.29 is 5.11 Å². The SMILES string of the molecule is Cc1ccc(-c2ccc(C(C)C)c(O)c2)nn1. The number of aryl methyl sites for hydroxylation is 1. The molecule has 0 bridgehead atoms. The molecular formula is C14H16N2O. The summed E-state index contributed by atoms with van der Waals surface area (Å²) in [5.74, 6) is 0.632. The molecule has 0 aliphatic rings. The van der Waals surface area contributed by atoms with E-state index in [1.54, 1.807) is 6.07 Å². The van der Waals surface area contributed by atoms with E-state index in [0.717, 1.165) is 22.5 Å². The summed E-state index contributed by atoms with van der Waals surface area (Å²) in [7, 11) is 0. The van der Waals surface area contributed by atoms with Gasteiger partial charge in [-0.3, -0.25) is 0 Å². The van der Waals surface area contributed by atoms with Gasteiger partial charge >= 0.3 is 0 Å². The van der Waals surface area contributed by atoms with Crippen LogP contribution in [0.4, 0.5) is 0 Å². The van der Waals surface area contributed by atoms with Crippen LogP contribution in [0.15, 0.2) is 30.3 Å². The molecule has 0 spiro atoms. The van der Waals surface area contributed by atoms with E-state index in [2.05, 4.69) is 24.0 Å². The molecule has 1 N–H and O–H groups in total. The molecule has 0 unspecified atom stereocenters. The number of phenolic OH excluding ortho intramolecular Hbond substituents is 1. The van der Waals surface area contributed by atoms with E-state index in [4.69, 9.17) is 0 Å². The van der Waals surface area contributed by atoms with Crippen LogP contribution in [-0.2, 0) is 0 Å². The lowest BCUT2D eigenvalue weighted by atomic mass is 9.99. The lowest BCUT2D eigenvalue weighted by molar-refractivity contribution is 0.465. The summed E-state index contributed by atoms with van der Waals surface area (Å²) in [4.78, 5) is 0. The summed E-state index contributed by atoms with van der Waals surface area (Å²) in [5, 5.41) is 18.0. The van der Waals surface area contributed by atoms with Gasteiger partial charge in [0.1, 0.15) is 5.75 Å². The minimum absolute atomic E-state index is 0.313. The van der Waals surface area contributed by atoms with Crippen LogP contribution in [0.1, 0.15) is 31.0 Å². The molecule has 17 heavy (non-hydrogen) atoms. The first-order chi connectivity index (χ1) is 8.08. The zero-order valence-electron chi connectivity index (χ0n) is 10.3. The standard InChI is InChI=1S/C14H16N2O/c1-9(2)12-6-5-11(8-14(12)17)13-7-4-10(3)15-16-13/h4-9,17H,1-3H3. The normalized spacial score (nSPS) is 10.8. The van der Waals surface area contributed by atoms with Crippen LogP contribution in [0.5, 0.6) is 5.75 Å². The summed E-state index contributed by atoms with van der Waals surface area (Å²) in [6.45, 7) is 6.01. The Hall–Kier alpha value is -1.90. The van der Waals surface area contributed by atoms with Crippen molar-refractivity contribution in [2.45, 2.75) is 26.7 Å². The van der Waals surface area contributed by atoms with Crippen LogP contribution in [0.25, 0.3) is 11.3 Å². The predicted octanol–water partition coefficient (Wildman–Crippen LogP) is 3.28. The first kappa shape index (κ1) is 11.6. The van der Waals surface area contributed by atoms with Gasteiger partial charge in [0.2, 0.25) is 0 Å². The summed E-state index contributed by atoms with van der Waals surface area (Å²) in [6.07, 6.45) is 0. The van der Waals surface area contributed by atoms with E-state index >= 15 is 0 Å². The monoisotopic (exact) mass is 228 g/mol. The van der Waals surface area contributed by atoms with Crippen molar-refractivity contribution >= 4 is 0 Å². The zero-order chi connectivity index (χ0) is 12.4. The summed E-state index contributed by atoms with van der Waals surface area (Å²) in [6, 6.07) is 9.47. The van der Waals surface area contributed by atoms with Crippen LogP contribution < -0.4 is 0 Å². The lowest BCUT2D eigenvalue weighted by Gasteiger charge is -2.09. The Balaban J connectivity index is 2.41. The predicted molar refractivity (Wildman–Crippen MR) is 68.0 cm³/mol. The number of aromatic nitrogens is 2. The van der Waals surface area contributed by atoms with Gasteiger partial charge in [-0.05, 0) is 36.6 Å². The van der Waals surface area contributed by atoms with Gasteiger partial charge in [0, 0.05) is 5.56 Å². The molecule has 0 radical (unpaired) electrons. The third kappa shape index (κ3) is 2.44. The maximum absolute atomic E-state index is 9.93. The minimum Gasteiger partial charge on any atom is -0.508 e. The summed E-state index contributed by atoms with van der Waals surface area (Å²) >= 11 is 0. The second-order valence-electron chi connectivity index (χ2n) is 4.49. The van der Waals surface area contributed by atoms with E-state index in [1.807, 2.05) is 31.2 Å². The quantitative estimate of drug-likeness (QED) is 0.858. The van der Waals surface area contributed by atoms with Gasteiger partial charge in [-0.25, -0.2) is 0 Å². The number of nitrogens with zero attached hydrogens (tertiary/aromatic N) is 2. The number of phenols is 1. The van der Waals surface area contributed by atoms with Crippen LogP contribution in [0, 0.1) is 6.92 Å². The van der Waals surface area contributed by atoms with Gasteiger partial charge in [-0.1, -0.05) is 26.0 Å². The van der Waals surface area contributed by atoms with Gasteiger partial charge < -0.3 is 5.11 Å². The van der Waals surface area contributed by atoms with Gasteiger partial charge in [-0.2, -0.15) is 10.2 Å². The van der Waals surface area contributed by atoms with Gasteiger partial charge in [0.25, 0.3) is 0 Å². The second-order valence-corrected chi connectivity index (χ2v) is 4.49. The Kier molecular flexibility index (Phi) is 3.09. The molecule has 3 nitrogen and oxygen atoms in total. The smallest absolute Gasteiger partial charge is 0.119 e. The Bertz CT molecular complexity index is 518. The van der Waals surface area contributed by atoms with Crippen molar-refractivity contribution in [3.63, 3.8) is 0 Å². The molecule has 1 aromatic carbocycles. The molecule has 0 amide bonds. The number of aromatic hydroxyl groups is 1.